The molecule has 3 N–H and O–H groups in total. The van der Waals surface area contributed by atoms with E-state index in [4.69, 9.17) is 15.6 Å². The summed E-state index contributed by atoms with van der Waals surface area (Å²) in [4.78, 5) is 10.1. The van der Waals surface area contributed by atoms with Crippen molar-refractivity contribution in [2.24, 2.45) is 5.73 Å². The van der Waals surface area contributed by atoms with Gasteiger partial charge in [-0.05, 0) is 30.7 Å². The average Bonchev–Trinajstić information content (AvgIpc) is 2.36. The fourth-order valence-corrected chi connectivity index (χ4v) is 1.32. The molecule has 0 aromatic heterocycles. The number of nitrogens with two attached hydrogens (primary N) is 1. The summed E-state index contributed by atoms with van der Waals surface area (Å²) in [6.45, 7) is 0.0273. The van der Waals surface area contributed by atoms with Gasteiger partial charge in [-0.1, -0.05) is 18.2 Å². The van der Waals surface area contributed by atoms with Crippen LogP contribution in [0.15, 0.2) is 24.3 Å². The van der Waals surface area contributed by atoms with E-state index in [1.807, 2.05) is 12.1 Å². The zero-order chi connectivity index (χ0) is 13.4. The minimum Gasteiger partial charge on any atom is -0.847 e. The average molecular weight is 277 g/mol. The number of ether oxygens (including phenoxy) is 2. The molecule has 6 nitrogen and oxygen atoms in total. The standard InChI is InChI=1S/C12H16NO5.Na/c13-6-5-9-1-3-11(4-2-9)17-7-10(14)8-18-12(15)16;/h1-4,10H,5-8,13H2,(H,15,16);/q-1;+1. The van der Waals surface area contributed by atoms with Gasteiger partial charge < -0.3 is 25.4 Å². The summed E-state index contributed by atoms with van der Waals surface area (Å²) in [5, 5.41) is 19.5. The van der Waals surface area contributed by atoms with Gasteiger partial charge in [0, 0.05) is 0 Å². The Bertz CT molecular complexity index is 371. The molecule has 1 unspecified atom stereocenters. The van der Waals surface area contributed by atoms with Gasteiger partial charge in [-0.15, -0.1) is 0 Å². The summed E-state index contributed by atoms with van der Waals surface area (Å²) in [7, 11) is 0. The van der Waals surface area contributed by atoms with E-state index in [0.717, 1.165) is 12.0 Å². The molecule has 0 radical (unpaired) electrons. The summed E-state index contributed by atoms with van der Waals surface area (Å²) in [5.41, 5.74) is 6.52. The van der Waals surface area contributed by atoms with Gasteiger partial charge >= 0.3 is 35.7 Å². The third-order valence-electron chi connectivity index (χ3n) is 2.18. The van der Waals surface area contributed by atoms with Crippen molar-refractivity contribution in [1.29, 1.82) is 0 Å². The maximum atomic E-state index is 11.2. The molecule has 0 heterocycles. The molecule has 1 aromatic carbocycles. The van der Waals surface area contributed by atoms with Gasteiger partial charge in [0.25, 0.3) is 0 Å². The maximum Gasteiger partial charge on any atom is 1.00 e. The van der Waals surface area contributed by atoms with E-state index in [1.165, 1.54) is 0 Å². The van der Waals surface area contributed by atoms with E-state index >= 15 is 0 Å². The van der Waals surface area contributed by atoms with Crippen molar-refractivity contribution in [2.75, 3.05) is 19.8 Å². The number of rotatable bonds is 7. The molecular formula is C12H16NNaO5. The van der Waals surface area contributed by atoms with Gasteiger partial charge in [-0.3, -0.25) is 0 Å². The summed E-state index contributed by atoms with van der Waals surface area (Å²) in [5.74, 6) is 0.562. The largest absolute Gasteiger partial charge is 1.00 e. The first kappa shape index (κ1) is 18.2. The summed E-state index contributed by atoms with van der Waals surface area (Å²) >= 11 is 0. The van der Waals surface area contributed by atoms with Crippen molar-refractivity contribution in [2.45, 2.75) is 12.5 Å². The molecular weight excluding hydrogens is 261 g/mol. The van der Waals surface area contributed by atoms with Crippen molar-refractivity contribution in [3.05, 3.63) is 29.8 Å². The van der Waals surface area contributed by atoms with Crippen LogP contribution in [-0.2, 0) is 11.2 Å². The molecule has 0 saturated heterocycles. The van der Waals surface area contributed by atoms with Crippen LogP contribution < -0.4 is 45.1 Å². The molecule has 1 aromatic rings. The smallest absolute Gasteiger partial charge is 0.847 e. The third-order valence-corrected chi connectivity index (χ3v) is 2.18. The van der Waals surface area contributed by atoms with Crippen LogP contribution in [0, 0.1) is 0 Å². The van der Waals surface area contributed by atoms with Crippen LogP contribution in [-0.4, -0.2) is 37.1 Å². The van der Waals surface area contributed by atoms with Crippen LogP contribution in [0.2, 0.25) is 0 Å². The molecule has 0 aliphatic heterocycles. The Kier molecular flexibility index (Phi) is 9.63. The van der Waals surface area contributed by atoms with Crippen LogP contribution in [0.25, 0.3) is 0 Å². The molecule has 100 valence electrons. The molecule has 0 saturated carbocycles. The summed E-state index contributed by atoms with van der Waals surface area (Å²) < 4.78 is 9.37. The Hall–Kier alpha value is -0.790. The quantitative estimate of drug-likeness (QED) is 0.406. The molecule has 0 amide bonds. The SMILES string of the molecule is NCCc1ccc(OCC([O-])COC(=O)O)cc1.[Na+]. The molecule has 0 fully saturated rings. The minimum absolute atomic E-state index is 0. The first-order valence-corrected chi connectivity index (χ1v) is 5.55. The molecule has 0 bridgehead atoms. The van der Waals surface area contributed by atoms with Crippen molar-refractivity contribution in [3.63, 3.8) is 0 Å². The predicted molar refractivity (Wildman–Crippen MR) is 62.5 cm³/mol. The van der Waals surface area contributed by atoms with Gasteiger partial charge in [-0.25, -0.2) is 4.79 Å². The van der Waals surface area contributed by atoms with Crippen LogP contribution >= 0.6 is 0 Å². The van der Waals surface area contributed by atoms with E-state index < -0.39 is 18.9 Å². The fraction of sp³-hybridized carbons (Fsp3) is 0.417. The minimum atomic E-state index is -1.46. The summed E-state index contributed by atoms with van der Waals surface area (Å²) in [6.07, 6.45) is -1.90. The van der Waals surface area contributed by atoms with E-state index in [2.05, 4.69) is 4.74 Å². The Morgan fingerprint density at radius 3 is 2.47 bits per heavy atom. The van der Waals surface area contributed by atoms with Crippen molar-refractivity contribution >= 4 is 6.16 Å². The predicted octanol–water partition coefficient (Wildman–Crippen LogP) is -3.01. The molecule has 0 spiro atoms. The van der Waals surface area contributed by atoms with Gasteiger partial charge in [-0.2, -0.15) is 0 Å². The number of carbonyl (C=O) groups is 1. The van der Waals surface area contributed by atoms with Gasteiger partial charge in [0.1, 0.15) is 5.75 Å². The van der Waals surface area contributed by atoms with Crippen molar-refractivity contribution in [1.82, 2.24) is 0 Å². The van der Waals surface area contributed by atoms with E-state index in [-0.39, 0.29) is 36.2 Å². The summed E-state index contributed by atoms with van der Waals surface area (Å²) in [6, 6.07) is 7.23. The second-order valence-electron chi connectivity index (χ2n) is 3.69. The Balaban J connectivity index is 0.00000324. The number of hydrogen-bond acceptors (Lipinski definition) is 5. The Morgan fingerprint density at radius 1 is 1.32 bits per heavy atom. The van der Waals surface area contributed by atoms with Gasteiger partial charge in [0.05, 0.1) is 13.2 Å². The van der Waals surface area contributed by atoms with Crippen LogP contribution in [0.3, 0.4) is 0 Å². The fourth-order valence-electron chi connectivity index (χ4n) is 1.32. The van der Waals surface area contributed by atoms with Crippen LogP contribution in [0.5, 0.6) is 5.75 Å². The van der Waals surface area contributed by atoms with Crippen molar-refractivity contribution in [3.8, 4) is 5.75 Å². The molecule has 0 aliphatic carbocycles. The first-order chi connectivity index (χ1) is 8.61. The normalized spacial score (nSPS) is 11.3. The number of carboxylic acid groups (broad SMARTS) is 1. The topological polar surface area (TPSA) is 105 Å². The zero-order valence-corrected chi connectivity index (χ0v) is 12.9. The van der Waals surface area contributed by atoms with E-state index in [1.54, 1.807) is 12.1 Å². The first-order valence-electron chi connectivity index (χ1n) is 5.55. The molecule has 19 heavy (non-hydrogen) atoms. The molecule has 7 heteroatoms. The second kappa shape index (κ2) is 10.1. The van der Waals surface area contributed by atoms with Crippen LogP contribution in [0.1, 0.15) is 5.56 Å². The molecule has 0 aliphatic rings. The van der Waals surface area contributed by atoms with Gasteiger partial charge in [0.15, 0.2) is 0 Å². The molecule has 1 atom stereocenters. The zero-order valence-electron chi connectivity index (χ0n) is 10.9. The number of benzene rings is 1. The Labute approximate surface area is 133 Å². The van der Waals surface area contributed by atoms with E-state index in [0.29, 0.717) is 12.3 Å². The van der Waals surface area contributed by atoms with E-state index in [9.17, 15) is 9.90 Å². The van der Waals surface area contributed by atoms with Crippen LogP contribution in [0.4, 0.5) is 4.79 Å². The Morgan fingerprint density at radius 2 is 1.95 bits per heavy atom. The third kappa shape index (κ3) is 8.07. The monoisotopic (exact) mass is 277 g/mol. The number of hydrogen-bond donors (Lipinski definition) is 2. The second-order valence-corrected chi connectivity index (χ2v) is 3.69. The van der Waals surface area contributed by atoms with Gasteiger partial charge in [0.2, 0.25) is 0 Å². The molecule has 1 rings (SSSR count). The maximum absolute atomic E-state index is 11.2. The van der Waals surface area contributed by atoms with Crippen molar-refractivity contribution < 1.29 is 54.0 Å².